The molecule has 0 radical (unpaired) electrons. The van der Waals surface area contributed by atoms with Crippen molar-refractivity contribution >= 4 is 23.3 Å². The van der Waals surface area contributed by atoms with Gasteiger partial charge in [0.05, 0.1) is 4.92 Å². The highest BCUT2D eigenvalue weighted by atomic mass is 16.6. The van der Waals surface area contributed by atoms with Gasteiger partial charge in [0.1, 0.15) is 11.2 Å². The van der Waals surface area contributed by atoms with Gasteiger partial charge < -0.3 is 20.5 Å². The van der Waals surface area contributed by atoms with E-state index in [1.165, 1.54) is 6.07 Å². The monoisotopic (exact) mass is 337 g/mol. The zero-order valence-corrected chi connectivity index (χ0v) is 13.0. The fraction of sp³-hybridized carbons (Fsp3) is 0.467. The number of nitro benzene ring substituents is 1. The molecule has 3 N–H and O–H groups in total. The number of hydrogen-bond acceptors (Lipinski definition) is 6. The SMILES string of the molecule is O=C(CCNc1ccccc1[N+](=O)[O-])NC1(C(=O)O)CCOCC1. The number of benzene rings is 1. The number of nitro groups is 1. The summed E-state index contributed by atoms with van der Waals surface area (Å²) in [7, 11) is 0. The van der Waals surface area contributed by atoms with Crippen molar-refractivity contribution in [1.82, 2.24) is 5.32 Å². The van der Waals surface area contributed by atoms with E-state index in [0.717, 1.165) is 0 Å². The second-order valence-corrected chi connectivity index (χ2v) is 5.50. The van der Waals surface area contributed by atoms with Gasteiger partial charge in [0.25, 0.3) is 5.69 Å². The van der Waals surface area contributed by atoms with Crippen molar-refractivity contribution in [3.05, 3.63) is 34.4 Å². The molecule has 1 aromatic carbocycles. The van der Waals surface area contributed by atoms with Gasteiger partial charge >= 0.3 is 5.97 Å². The van der Waals surface area contributed by atoms with Gasteiger partial charge in [-0.05, 0) is 6.07 Å². The summed E-state index contributed by atoms with van der Waals surface area (Å²) in [6, 6.07) is 6.12. The number of hydrogen-bond donors (Lipinski definition) is 3. The molecule has 1 aromatic rings. The van der Waals surface area contributed by atoms with Gasteiger partial charge in [-0.3, -0.25) is 14.9 Å². The average molecular weight is 337 g/mol. The van der Waals surface area contributed by atoms with Crippen LogP contribution in [-0.4, -0.2) is 47.2 Å². The third-order valence-electron chi connectivity index (χ3n) is 3.90. The summed E-state index contributed by atoms with van der Waals surface area (Å²) in [6.07, 6.45) is 0.430. The van der Waals surface area contributed by atoms with Crippen molar-refractivity contribution in [2.45, 2.75) is 24.8 Å². The summed E-state index contributed by atoms with van der Waals surface area (Å²) >= 11 is 0. The Hall–Kier alpha value is -2.68. The minimum Gasteiger partial charge on any atom is -0.480 e. The molecule has 9 nitrogen and oxygen atoms in total. The van der Waals surface area contributed by atoms with Crippen LogP contribution in [-0.2, 0) is 14.3 Å². The number of rotatable bonds is 7. The van der Waals surface area contributed by atoms with E-state index in [2.05, 4.69) is 10.6 Å². The zero-order chi connectivity index (χ0) is 17.6. The Kier molecular flexibility index (Phi) is 5.69. The second-order valence-electron chi connectivity index (χ2n) is 5.50. The van der Waals surface area contributed by atoms with Crippen LogP contribution in [0.1, 0.15) is 19.3 Å². The largest absolute Gasteiger partial charge is 0.480 e. The molecule has 0 saturated carbocycles. The van der Waals surface area contributed by atoms with E-state index in [1.54, 1.807) is 18.2 Å². The molecule has 24 heavy (non-hydrogen) atoms. The summed E-state index contributed by atoms with van der Waals surface area (Å²) < 4.78 is 5.14. The normalized spacial score (nSPS) is 16.2. The van der Waals surface area contributed by atoms with Gasteiger partial charge in [0, 0.05) is 45.1 Å². The minimum absolute atomic E-state index is 0.00192. The van der Waals surface area contributed by atoms with Crippen LogP contribution in [0.25, 0.3) is 0 Å². The summed E-state index contributed by atoms with van der Waals surface area (Å²) in [6.45, 7) is 0.713. The van der Waals surface area contributed by atoms with Crippen molar-refractivity contribution in [2.24, 2.45) is 0 Å². The molecule has 1 amide bonds. The molecule has 1 aliphatic heterocycles. The Balaban J connectivity index is 1.89. The maximum Gasteiger partial charge on any atom is 0.329 e. The Morgan fingerprint density at radius 3 is 2.58 bits per heavy atom. The number of nitrogens with zero attached hydrogens (tertiary/aromatic N) is 1. The number of anilines is 1. The average Bonchev–Trinajstić information content (AvgIpc) is 2.55. The highest BCUT2D eigenvalue weighted by Crippen LogP contribution is 2.23. The quantitative estimate of drug-likeness (QED) is 0.502. The number of carboxylic acid groups (broad SMARTS) is 1. The van der Waals surface area contributed by atoms with Crippen LogP contribution in [0.4, 0.5) is 11.4 Å². The van der Waals surface area contributed by atoms with Crippen LogP contribution >= 0.6 is 0 Å². The lowest BCUT2D eigenvalue weighted by Crippen LogP contribution is -2.57. The zero-order valence-electron chi connectivity index (χ0n) is 13.0. The molecule has 0 aliphatic carbocycles. The summed E-state index contributed by atoms with van der Waals surface area (Å²) in [5.41, 5.74) is -1.06. The van der Waals surface area contributed by atoms with Crippen molar-refractivity contribution < 1.29 is 24.4 Å². The smallest absolute Gasteiger partial charge is 0.329 e. The van der Waals surface area contributed by atoms with Gasteiger partial charge in [0.2, 0.25) is 5.91 Å². The number of carbonyl (C=O) groups is 2. The topological polar surface area (TPSA) is 131 Å². The highest BCUT2D eigenvalue weighted by molar-refractivity contribution is 5.87. The first kappa shape index (κ1) is 17.7. The van der Waals surface area contributed by atoms with E-state index in [0.29, 0.717) is 5.69 Å². The molecule has 2 rings (SSSR count). The van der Waals surface area contributed by atoms with E-state index in [9.17, 15) is 24.8 Å². The number of ether oxygens (including phenoxy) is 1. The summed E-state index contributed by atoms with van der Waals surface area (Å²) in [5.74, 6) is -1.50. The van der Waals surface area contributed by atoms with Crippen molar-refractivity contribution in [3.63, 3.8) is 0 Å². The first-order chi connectivity index (χ1) is 11.4. The Bertz CT molecular complexity index is 627. The van der Waals surface area contributed by atoms with E-state index in [1.807, 2.05) is 0 Å². The molecule has 0 spiro atoms. The molecule has 0 bridgehead atoms. The van der Waals surface area contributed by atoms with Crippen molar-refractivity contribution in [1.29, 1.82) is 0 Å². The number of carbonyl (C=O) groups excluding carboxylic acids is 1. The maximum absolute atomic E-state index is 12.0. The van der Waals surface area contributed by atoms with E-state index in [4.69, 9.17) is 4.74 Å². The molecule has 0 atom stereocenters. The molecule has 1 heterocycles. The molecule has 0 unspecified atom stereocenters. The van der Waals surface area contributed by atoms with Crippen LogP contribution in [0.3, 0.4) is 0 Å². The van der Waals surface area contributed by atoms with Crippen LogP contribution in [0.15, 0.2) is 24.3 Å². The summed E-state index contributed by atoms with van der Waals surface area (Å²) in [4.78, 5) is 33.9. The number of carboxylic acids is 1. The molecular formula is C15H19N3O6. The minimum atomic E-state index is -1.30. The third kappa shape index (κ3) is 4.19. The van der Waals surface area contributed by atoms with Crippen LogP contribution < -0.4 is 10.6 Å². The maximum atomic E-state index is 12.0. The van der Waals surface area contributed by atoms with Gasteiger partial charge in [0.15, 0.2) is 0 Å². The standard InChI is InChI=1S/C15H19N3O6/c19-13(17-15(14(20)21)6-9-24-10-7-15)5-8-16-11-3-1-2-4-12(11)18(22)23/h1-4,16H,5-10H2,(H,17,19)(H,20,21). The van der Waals surface area contributed by atoms with E-state index in [-0.39, 0.29) is 44.7 Å². The molecular weight excluding hydrogens is 318 g/mol. The van der Waals surface area contributed by atoms with E-state index >= 15 is 0 Å². The highest BCUT2D eigenvalue weighted by Gasteiger charge is 2.41. The van der Waals surface area contributed by atoms with Crippen LogP contribution in [0, 0.1) is 10.1 Å². The first-order valence-corrected chi connectivity index (χ1v) is 7.54. The van der Waals surface area contributed by atoms with Crippen molar-refractivity contribution in [3.8, 4) is 0 Å². The fourth-order valence-corrected chi connectivity index (χ4v) is 2.53. The fourth-order valence-electron chi connectivity index (χ4n) is 2.53. The predicted molar refractivity (Wildman–Crippen MR) is 84.8 cm³/mol. The van der Waals surface area contributed by atoms with Crippen molar-refractivity contribution in [2.75, 3.05) is 25.1 Å². The second kappa shape index (κ2) is 7.73. The molecule has 1 aliphatic rings. The molecule has 0 aromatic heterocycles. The van der Waals surface area contributed by atoms with Gasteiger partial charge in [-0.1, -0.05) is 12.1 Å². The van der Waals surface area contributed by atoms with Gasteiger partial charge in [-0.25, -0.2) is 4.79 Å². The summed E-state index contributed by atoms with van der Waals surface area (Å²) in [5, 5.41) is 25.7. The lowest BCUT2D eigenvalue weighted by Gasteiger charge is -2.33. The Morgan fingerprint density at radius 1 is 1.29 bits per heavy atom. The van der Waals surface area contributed by atoms with Crippen LogP contribution in [0.5, 0.6) is 0 Å². The predicted octanol–water partition coefficient (Wildman–Crippen LogP) is 1.15. The first-order valence-electron chi connectivity index (χ1n) is 7.54. The van der Waals surface area contributed by atoms with Crippen LogP contribution in [0.2, 0.25) is 0 Å². The third-order valence-corrected chi connectivity index (χ3v) is 3.90. The van der Waals surface area contributed by atoms with Gasteiger partial charge in [-0.15, -0.1) is 0 Å². The Morgan fingerprint density at radius 2 is 1.96 bits per heavy atom. The number of para-hydroxylation sites is 2. The number of nitrogens with one attached hydrogen (secondary N) is 2. The molecule has 9 heteroatoms. The number of amides is 1. The lowest BCUT2D eigenvalue weighted by atomic mass is 9.90. The molecule has 130 valence electrons. The molecule has 1 fully saturated rings. The lowest BCUT2D eigenvalue weighted by molar-refractivity contribution is -0.384. The Labute approximate surface area is 138 Å². The number of aliphatic carboxylic acids is 1. The van der Waals surface area contributed by atoms with E-state index < -0.39 is 22.3 Å². The van der Waals surface area contributed by atoms with Gasteiger partial charge in [-0.2, -0.15) is 0 Å². The molecule has 1 saturated heterocycles.